The van der Waals surface area contributed by atoms with E-state index in [1.54, 1.807) is 12.1 Å². The largest absolute Gasteiger partial charge is 0.399 e. The van der Waals surface area contributed by atoms with Crippen molar-refractivity contribution in [1.29, 1.82) is 0 Å². The topological polar surface area (TPSA) is 61.0 Å². The standard InChI is InChI=1S/C7H8ClN.H3N/c1-5-4-6(8)2-3-7(5)9;/h2-4H,9H2,1H3;1H3. The highest BCUT2D eigenvalue weighted by molar-refractivity contribution is 6.30. The summed E-state index contributed by atoms with van der Waals surface area (Å²) in [4.78, 5) is 0. The first-order chi connectivity index (χ1) is 4.20. The molecule has 0 aliphatic rings. The number of rotatable bonds is 0. The minimum Gasteiger partial charge on any atom is -0.399 e. The normalized spacial score (nSPS) is 8.60. The fourth-order valence-electron chi connectivity index (χ4n) is 0.639. The molecular weight excluding hydrogens is 148 g/mol. The summed E-state index contributed by atoms with van der Waals surface area (Å²) in [6.45, 7) is 1.93. The second-order valence-corrected chi connectivity index (χ2v) is 2.44. The number of benzene rings is 1. The third kappa shape index (κ3) is 1.90. The molecule has 1 aromatic rings. The summed E-state index contributed by atoms with van der Waals surface area (Å²) < 4.78 is 0. The molecule has 0 bridgehead atoms. The lowest BCUT2D eigenvalue weighted by Gasteiger charge is -1.97. The molecule has 1 rings (SSSR count). The molecular formula is C7H11ClN2. The lowest BCUT2D eigenvalue weighted by Crippen LogP contribution is -1.87. The molecule has 0 saturated heterocycles. The van der Waals surface area contributed by atoms with Crippen molar-refractivity contribution in [2.75, 3.05) is 5.73 Å². The van der Waals surface area contributed by atoms with Crippen molar-refractivity contribution < 1.29 is 0 Å². The van der Waals surface area contributed by atoms with Gasteiger partial charge in [-0.25, -0.2) is 0 Å². The Labute approximate surface area is 65.6 Å². The van der Waals surface area contributed by atoms with Gasteiger partial charge >= 0.3 is 0 Å². The van der Waals surface area contributed by atoms with Gasteiger partial charge in [0.1, 0.15) is 0 Å². The first-order valence-corrected chi connectivity index (χ1v) is 3.09. The molecule has 0 aromatic heterocycles. The van der Waals surface area contributed by atoms with Gasteiger partial charge < -0.3 is 11.9 Å². The number of nitrogens with two attached hydrogens (primary N) is 1. The zero-order valence-electron chi connectivity index (χ0n) is 5.89. The smallest absolute Gasteiger partial charge is 0.0410 e. The van der Waals surface area contributed by atoms with Crippen LogP contribution in [0.4, 0.5) is 5.69 Å². The molecule has 0 unspecified atom stereocenters. The van der Waals surface area contributed by atoms with Crippen molar-refractivity contribution >= 4 is 17.3 Å². The zero-order chi connectivity index (χ0) is 6.85. The van der Waals surface area contributed by atoms with E-state index >= 15 is 0 Å². The summed E-state index contributed by atoms with van der Waals surface area (Å²) in [5.41, 5.74) is 7.35. The van der Waals surface area contributed by atoms with Gasteiger partial charge in [0.15, 0.2) is 0 Å². The first-order valence-electron chi connectivity index (χ1n) is 2.72. The highest BCUT2D eigenvalue weighted by Crippen LogP contribution is 2.15. The third-order valence-corrected chi connectivity index (χ3v) is 1.47. The van der Waals surface area contributed by atoms with Gasteiger partial charge in [-0.15, -0.1) is 0 Å². The number of nitrogen functional groups attached to an aromatic ring is 1. The Kier molecular flexibility index (Phi) is 3.19. The fraction of sp³-hybridized carbons (Fsp3) is 0.143. The molecule has 3 heteroatoms. The highest BCUT2D eigenvalue weighted by atomic mass is 35.5. The van der Waals surface area contributed by atoms with E-state index in [1.807, 2.05) is 13.0 Å². The molecule has 1 aromatic carbocycles. The van der Waals surface area contributed by atoms with Crippen molar-refractivity contribution in [1.82, 2.24) is 6.15 Å². The van der Waals surface area contributed by atoms with Crippen LogP contribution in [-0.4, -0.2) is 0 Å². The average molecular weight is 159 g/mol. The molecule has 0 spiro atoms. The van der Waals surface area contributed by atoms with Crippen molar-refractivity contribution in [3.63, 3.8) is 0 Å². The van der Waals surface area contributed by atoms with Crippen LogP contribution in [0.3, 0.4) is 0 Å². The monoisotopic (exact) mass is 158 g/mol. The second kappa shape index (κ2) is 3.44. The molecule has 0 radical (unpaired) electrons. The van der Waals surface area contributed by atoms with Crippen molar-refractivity contribution in [3.05, 3.63) is 28.8 Å². The predicted octanol–water partition coefficient (Wildman–Crippen LogP) is 2.39. The van der Waals surface area contributed by atoms with E-state index in [0.717, 1.165) is 16.3 Å². The summed E-state index contributed by atoms with van der Waals surface area (Å²) in [6, 6.07) is 5.43. The van der Waals surface area contributed by atoms with Gasteiger partial charge in [0.2, 0.25) is 0 Å². The van der Waals surface area contributed by atoms with Crippen molar-refractivity contribution in [2.24, 2.45) is 0 Å². The average Bonchev–Trinajstić information content (AvgIpc) is 1.80. The molecule has 0 saturated carbocycles. The van der Waals surface area contributed by atoms with Gasteiger partial charge in [-0.05, 0) is 30.7 Å². The Balaban J connectivity index is 0.000000810. The summed E-state index contributed by atoms with van der Waals surface area (Å²) in [6.07, 6.45) is 0. The minimum atomic E-state index is 0. The van der Waals surface area contributed by atoms with Crippen LogP contribution in [0.25, 0.3) is 0 Å². The van der Waals surface area contributed by atoms with E-state index in [9.17, 15) is 0 Å². The maximum absolute atomic E-state index is 5.66. The van der Waals surface area contributed by atoms with Gasteiger partial charge in [-0.3, -0.25) is 0 Å². The molecule has 0 fully saturated rings. The van der Waals surface area contributed by atoms with Crippen LogP contribution >= 0.6 is 11.6 Å². The Morgan fingerprint density at radius 2 is 2.00 bits per heavy atom. The van der Waals surface area contributed by atoms with Crippen LogP contribution in [-0.2, 0) is 0 Å². The zero-order valence-corrected chi connectivity index (χ0v) is 6.65. The minimum absolute atomic E-state index is 0. The van der Waals surface area contributed by atoms with Crippen molar-refractivity contribution in [2.45, 2.75) is 6.92 Å². The van der Waals surface area contributed by atoms with Crippen LogP contribution < -0.4 is 11.9 Å². The van der Waals surface area contributed by atoms with Crippen LogP contribution in [0.15, 0.2) is 18.2 Å². The van der Waals surface area contributed by atoms with Crippen LogP contribution in [0.2, 0.25) is 5.02 Å². The number of anilines is 1. The van der Waals surface area contributed by atoms with E-state index in [0.29, 0.717) is 0 Å². The van der Waals surface area contributed by atoms with Gasteiger partial charge in [-0.2, -0.15) is 0 Å². The first kappa shape index (κ1) is 9.27. The summed E-state index contributed by atoms with van der Waals surface area (Å²) in [5.74, 6) is 0. The SMILES string of the molecule is Cc1cc(Cl)ccc1N.N. The van der Waals surface area contributed by atoms with Gasteiger partial charge in [0.05, 0.1) is 0 Å². The van der Waals surface area contributed by atoms with E-state index in [2.05, 4.69) is 0 Å². The van der Waals surface area contributed by atoms with E-state index in [4.69, 9.17) is 17.3 Å². The molecule has 2 nitrogen and oxygen atoms in total. The van der Waals surface area contributed by atoms with Crippen molar-refractivity contribution in [3.8, 4) is 0 Å². The summed E-state index contributed by atoms with van der Waals surface area (Å²) in [5, 5.41) is 0.738. The molecule has 56 valence electrons. The molecule has 0 atom stereocenters. The maximum atomic E-state index is 5.66. The van der Waals surface area contributed by atoms with Crippen LogP contribution in [0.1, 0.15) is 5.56 Å². The van der Waals surface area contributed by atoms with E-state index in [1.165, 1.54) is 0 Å². The molecule has 5 N–H and O–H groups in total. The van der Waals surface area contributed by atoms with Gasteiger partial charge in [0.25, 0.3) is 0 Å². The van der Waals surface area contributed by atoms with Gasteiger partial charge in [-0.1, -0.05) is 11.6 Å². The number of aryl methyl sites for hydroxylation is 1. The number of hydrogen-bond donors (Lipinski definition) is 2. The molecule has 0 heterocycles. The highest BCUT2D eigenvalue weighted by Gasteiger charge is 1.91. The Hall–Kier alpha value is -0.730. The fourth-order valence-corrected chi connectivity index (χ4v) is 0.866. The lowest BCUT2D eigenvalue weighted by atomic mass is 10.2. The molecule has 0 aliphatic heterocycles. The number of halogens is 1. The summed E-state index contributed by atoms with van der Waals surface area (Å²) >= 11 is 5.66. The predicted molar refractivity (Wildman–Crippen MR) is 45.6 cm³/mol. The van der Waals surface area contributed by atoms with Gasteiger partial charge in [0, 0.05) is 10.7 Å². The number of hydrogen-bond acceptors (Lipinski definition) is 2. The third-order valence-electron chi connectivity index (χ3n) is 1.23. The second-order valence-electron chi connectivity index (χ2n) is 2.00. The molecule has 0 amide bonds. The Morgan fingerprint density at radius 1 is 1.40 bits per heavy atom. The quantitative estimate of drug-likeness (QED) is 0.570. The lowest BCUT2D eigenvalue weighted by molar-refractivity contribution is 1.47. The maximum Gasteiger partial charge on any atom is 0.0410 e. The molecule has 10 heavy (non-hydrogen) atoms. The van der Waals surface area contributed by atoms with E-state index < -0.39 is 0 Å². The summed E-state index contributed by atoms with van der Waals surface area (Å²) in [7, 11) is 0. The Bertz CT molecular complexity index is 223. The molecule has 0 aliphatic carbocycles. The van der Waals surface area contributed by atoms with Crippen LogP contribution in [0.5, 0.6) is 0 Å². The Morgan fingerprint density at radius 3 is 2.40 bits per heavy atom. The van der Waals surface area contributed by atoms with Crippen LogP contribution in [0, 0.1) is 6.92 Å². The van der Waals surface area contributed by atoms with E-state index in [-0.39, 0.29) is 6.15 Å².